The highest BCUT2D eigenvalue weighted by Crippen LogP contribution is 2.12. The zero-order valence-electron chi connectivity index (χ0n) is 11.2. The number of amides is 1. The zero-order valence-corrected chi connectivity index (χ0v) is 12.8. The monoisotopic (exact) mass is 327 g/mol. The van der Waals surface area contributed by atoms with E-state index in [4.69, 9.17) is 5.11 Å². The van der Waals surface area contributed by atoms with Crippen molar-refractivity contribution in [2.24, 2.45) is 0 Å². The summed E-state index contributed by atoms with van der Waals surface area (Å²) in [5.74, 6) is 0.113. The van der Waals surface area contributed by atoms with E-state index < -0.39 is 0 Å². The number of carbonyl (C=O) groups is 1. The third kappa shape index (κ3) is 8.01. The van der Waals surface area contributed by atoms with E-state index in [9.17, 15) is 4.79 Å². The van der Waals surface area contributed by atoms with Gasteiger partial charge in [-0.15, -0.1) is 0 Å². The van der Waals surface area contributed by atoms with Gasteiger partial charge < -0.3 is 10.4 Å². The molecular weight excluding hydrogens is 306 g/mol. The Morgan fingerprint density at radius 2 is 2.00 bits per heavy atom. The first kappa shape index (κ1) is 16.2. The quantitative estimate of drug-likeness (QED) is 0.685. The molecule has 1 aromatic rings. The molecule has 106 valence electrons. The van der Waals surface area contributed by atoms with Gasteiger partial charge in [-0.1, -0.05) is 40.9 Å². The predicted molar refractivity (Wildman–Crippen MR) is 81.0 cm³/mol. The molecule has 0 spiro atoms. The number of nitrogens with one attached hydrogen (secondary N) is 1. The van der Waals surface area contributed by atoms with Crippen molar-refractivity contribution in [1.29, 1.82) is 0 Å². The molecule has 1 amide bonds. The number of rotatable bonds is 9. The highest BCUT2D eigenvalue weighted by Gasteiger charge is 2.02. The summed E-state index contributed by atoms with van der Waals surface area (Å²) in [5, 5.41) is 11.6. The van der Waals surface area contributed by atoms with Crippen molar-refractivity contribution in [3.05, 3.63) is 34.3 Å². The first-order valence-electron chi connectivity index (χ1n) is 6.84. The van der Waals surface area contributed by atoms with E-state index in [1.54, 1.807) is 0 Å². The Balaban J connectivity index is 2.08. The standard InChI is InChI=1S/C15H22BrNO2/c16-14-7-5-6-13(12-14)8-9-15(19)17-10-3-1-2-4-11-18/h5-7,12,18H,1-4,8-11H2,(H,17,19). The molecule has 0 aliphatic rings. The summed E-state index contributed by atoms with van der Waals surface area (Å²) in [6, 6.07) is 8.05. The van der Waals surface area contributed by atoms with Crippen LogP contribution in [0, 0.1) is 0 Å². The van der Waals surface area contributed by atoms with Crippen molar-refractivity contribution < 1.29 is 9.90 Å². The van der Waals surface area contributed by atoms with Crippen LogP contribution < -0.4 is 5.32 Å². The van der Waals surface area contributed by atoms with Crippen LogP contribution in [-0.2, 0) is 11.2 Å². The van der Waals surface area contributed by atoms with Gasteiger partial charge in [-0.3, -0.25) is 4.79 Å². The number of hydrogen-bond donors (Lipinski definition) is 2. The summed E-state index contributed by atoms with van der Waals surface area (Å²) < 4.78 is 1.05. The number of benzene rings is 1. The fourth-order valence-electron chi connectivity index (χ4n) is 1.86. The van der Waals surface area contributed by atoms with E-state index in [2.05, 4.69) is 21.2 Å². The summed E-state index contributed by atoms with van der Waals surface area (Å²) >= 11 is 3.42. The molecule has 0 unspecified atom stereocenters. The Kier molecular flexibility index (Phi) is 8.50. The van der Waals surface area contributed by atoms with Crippen molar-refractivity contribution in [2.45, 2.75) is 38.5 Å². The lowest BCUT2D eigenvalue weighted by atomic mass is 10.1. The molecule has 4 heteroatoms. The molecule has 0 heterocycles. The molecular formula is C15H22BrNO2. The van der Waals surface area contributed by atoms with Gasteiger partial charge in [0.25, 0.3) is 0 Å². The fourth-order valence-corrected chi connectivity index (χ4v) is 2.30. The van der Waals surface area contributed by atoms with Crippen LogP contribution in [-0.4, -0.2) is 24.2 Å². The molecule has 2 N–H and O–H groups in total. The van der Waals surface area contributed by atoms with Gasteiger partial charge in [0.05, 0.1) is 0 Å². The number of halogens is 1. The molecule has 0 saturated carbocycles. The molecule has 19 heavy (non-hydrogen) atoms. The topological polar surface area (TPSA) is 49.3 Å². The second-order valence-corrected chi connectivity index (χ2v) is 5.53. The summed E-state index contributed by atoms with van der Waals surface area (Å²) in [7, 11) is 0. The third-order valence-corrected chi connectivity index (χ3v) is 3.43. The zero-order chi connectivity index (χ0) is 13.9. The molecule has 0 aliphatic heterocycles. The maximum absolute atomic E-state index is 11.6. The lowest BCUT2D eigenvalue weighted by Gasteiger charge is -2.05. The molecule has 0 saturated heterocycles. The van der Waals surface area contributed by atoms with Crippen molar-refractivity contribution in [3.8, 4) is 0 Å². The Morgan fingerprint density at radius 3 is 2.74 bits per heavy atom. The van der Waals surface area contributed by atoms with Gasteiger partial charge >= 0.3 is 0 Å². The van der Waals surface area contributed by atoms with Crippen LogP contribution in [0.5, 0.6) is 0 Å². The van der Waals surface area contributed by atoms with E-state index in [1.807, 2.05) is 24.3 Å². The van der Waals surface area contributed by atoms with Gasteiger partial charge in [0.15, 0.2) is 0 Å². The van der Waals surface area contributed by atoms with Crippen LogP contribution in [0.25, 0.3) is 0 Å². The van der Waals surface area contributed by atoms with Crippen molar-refractivity contribution in [1.82, 2.24) is 5.32 Å². The number of hydrogen-bond acceptors (Lipinski definition) is 2. The van der Waals surface area contributed by atoms with Gasteiger partial charge in [-0.2, -0.15) is 0 Å². The lowest BCUT2D eigenvalue weighted by Crippen LogP contribution is -2.24. The Labute approximate surface area is 123 Å². The summed E-state index contributed by atoms with van der Waals surface area (Å²) in [6.07, 6.45) is 5.25. The minimum Gasteiger partial charge on any atom is -0.396 e. The molecule has 0 radical (unpaired) electrons. The second kappa shape index (κ2) is 9.98. The van der Waals surface area contributed by atoms with Crippen LogP contribution in [0.2, 0.25) is 0 Å². The SMILES string of the molecule is O=C(CCc1cccc(Br)c1)NCCCCCCO. The van der Waals surface area contributed by atoms with Gasteiger partial charge in [0, 0.05) is 24.0 Å². The average Bonchev–Trinajstić information content (AvgIpc) is 2.40. The molecule has 1 aromatic carbocycles. The lowest BCUT2D eigenvalue weighted by molar-refractivity contribution is -0.121. The highest BCUT2D eigenvalue weighted by atomic mass is 79.9. The fraction of sp³-hybridized carbons (Fsp3) is 0.533. The maximum Gasteiger partial charge on any atom is 0.220 e. The summed E-state index contributed by atoms with van der Waals surface area (Å²) in [6.45, 7) is 1.00. The number of aryl methyl sites for hydroxylation is 1. The summed E-state index contributed by atoms with van der Waals surface area (Å²) in [4.78, 5) is 11.6. The minimum absolute atomic E-state index is 0.113. The highest BCUT2D eigenvalue weighted by molar-refractivity contribution is 9.10. The Bertz CT molecular complexity index is 382. The average molecular weight is 328 g/mol. The van der Waals surface area contributed by atoms with Crippen LogP contribution in [0.3, 0.4) is 0 Å². The number of aliphatic hydroxyl groups is 1. The van der Waals surface area contributed by atoms with Crippen LogP contribution in [0.4, 0.5) is 0 Å². The molecule has 1 rings (SSSR count). The number of carbonyl (C=O) groups excluding carboxylic acids is 1. The van der Waals surface area contributed by atoms with Crippen molar-refractivity contribution in [3.63, 3.8) is 0 Å². The van der Waals surface area contributed by atoms with Crippen molar-refractivity contribution >= 4 is 21.8 Å². The van der Waals surface area contributed by atoms with Crippen LogP contribution >= 0.6 is 15.9 Å². The summed E-state index contributed by atoms with van der Waals surface area (Å²) in [5.41, 5.74) is 1.17. The Hall–Kier alpha value is -0.870. The van der Waals surface area contributed by atoms with Gasteiger partial charge in [-0.25, -0.2) is 0 Å². The first-order valence-corrected chi connectivity index (χ1v) is 7.63. The smallest absolute Gasteiger partial charge is 0.220 e. The minimum atomic E-state index is 0.113. The predicted octanol–water partition coefficient (Wildman–Crippen LogP) is 3.05. The molecule has 0 atom stereocenters. The molecule has 0 aliphatic carbocycles. The van der Waals surface area contributed by atoms with Crippen molar-refractivity contribution in [2.75, 3.05) is 13.2 Å². The molecule has 0 aromatic heterocycles. The third-order valence-electron chi connectivity index (χ3n) is 2.94. The molecule has 3 nitrogen and oxygen atoms in total. The van der Waals surface area contributed by atoms with Crippen LogP contribution in [0.1, 0.15) is 37.7 Å². The van der Waals surface area contributed by atoms with E-state index in [0.717, 1.165) is 43.1 Å². The van der Waals surface area contributed by atoms with E-state index in [1.165, 1.54) is 5.56 Å². The largest absolute Gasteiger partial charge is 0.396 e. The van der Waals surface area contributed by atoms with Crippen LogP contribution in [0.15, 0.2) is 28.7 Å². The van der Waals surface area contributed by atoms with E-state index >= 15 is 0 Å². The van der Waals surface area contributed by atoms with Gasteiger partial charge in [0.2, 0.25) is 5.91 Å². The Morgan fingerprint density at radius 1 is 1.21 bits per heavy atom. The molecule has 0 bridgehead atoms. The molecule has 0 fully saturated rings. The van der Waals surface area contributed by atoms with E-state index in [0.29, 0.717) is 6.42 Å². The maximum atomic E-state index is 11.6. The number of aliphatic hydroxyl groups excluding tert-OH is 1. The second-order valence-electron chi connectivity index (χ2n) is 4.62. The normalized spacial score (nSPS) is 10.4. The van der Waals surface area contributed by atoms with Gasteiger partial charge in [-0.05, 0) is 37.0 Å². The van der Waals surface area contributed by atoms with Gasteiger partial charge in [0.1, 0.15) is 0 Å². The van der Waals surface area contributed by atoms with E-state index in [-0.39, 0.29) is 12.5 Å². The first-order chi connectivity index (χ1) is 9.22. The number of unbranched alkanes of at least 4 members (excludes halogenated alkanes) is 3.